The number of cyclic esters (lactones) is 2. The molecule has 1 aliphatic rings. The predicted molar refractivity (Wildman–Crippen MR) is 47.0 cm³/mol. The third-order valence-corrected chi connectivity index (χ3v) is 2.06. The number of unbranched alkanes of at least 4 members (excludes halogenated alkanes) is 1. The Morgan fingerprint density at radius 1 is 1.54 bits per heavy atom. The van der Waals surface area contributed by atoms with Crippen LogP contribution in [0.2, 0.25) is 0 Å². The average Bonchev–Trinajstić information content (AvgIpc) is 2.09. The second kappa shape index (κ2) is 4.97. The smallest absolute Gasteiger partial charge is 0.330 e. The molecule has 1 atom stereocenters. The van der Waals surface area contributed by atoms with Gasteiger partial charge in [0.15, 0.2) is 0 Å². The lowest BCUT2D eigenvalue weighted by Crippen LogP contribution is -2.43. The Labute approximate surface area is 77.6 Å². The largest absolute Gasteiger partial charge is 0.392 e. The monoisotopic (exact) mass is 185 g/mol. The average molecular weight is 185 g/mol. The van der Waals surface area contributed by atoms with Gasteiger partial charge < -0.3 is 10.1 Å². The van der Waals surface area contributed by atoms with Gasteiger partial charge >= 0.3 is 11.9 Å². The summed E-state index contributed by atoms with van der Waals surface area (Å²) in [4.78, 5) is 21.8. The van der Waals surface area contributed by atoms with Crippen LogP contribution in [0.3, 0.4) is 0 Å². The Hall–Kier alpha value is -0.900. The summed E-state index contributed by atoms with van der Waals surface area (Å²) in [5.74, 6) is -0.828. The molecule has 0 saturated carbocycles. The first-order valence-electron chi connectivity index (χ1n) is 4.72. The van der Waals surface area contributed by atoms with Crippen molar-refractivity contribution in [2.45, 2.75) is 38.6 Å². The molecule has 0 radical (unpaired) electrons. The van der Waals surface area contributed by atoms with Crippen molar-refractivity contribution in [3.05, 3.63) is 0 Å². The lowest BCUT2D eigenvalue weighted by Gasteiger charge is -2.20. The Bertz CT molecular complexity index is 203. The molecule has 0 unspecified atom stereocenters. The van der Waals surface area contributed by atoms with Crippen LogP contribution in [0.5, 0.6) is 0 Å². The van der Waals surface area contributed by atoms with Crippen molar-refractivity contribution in [3.8, 4) is 0 Å². The Morgan fingerprint density at radius 2 is 2.31 bits per heavy atom. The molecule has 0 spiro atoms. The molecular weight excluding hydrogens is 170 g/mol. The van der Waals surface area contributed by atoms with E-state index in [9.17, 15) is 9.59 Å². The highest BCUT2D eigenvalue weighted by molar-refractivity contribution is 5.91. The van der Waals surface area contributed by atoms with Gasteiger partial charge in [0.1, 0.15) is 6.04 Å². The number of esters is 2. The van der Waals surface area contributed by atoms with E-state index in [1.807, 2.05) is 0 Å². The van der Waals surface area contributed by atoms with Gasteiger partial charge in [0, 0.05) is 6.42 Å². The second-order valence-electron chi connectivity index (χ2n) is 3.19. The summed E-state index contributed by atoms with van der Waals surface area (Å²) in [6, 6.07) is -0.274. The van der Waals surface area contributed by atoms with Crippen LogP contribution >= 0.6 is 0 Å². The van der Waals surface area contributed by atoms with E-state index < -0.39 is 11.9 Å². The second-order valence-corrected chi connectivity index (χ2v) is 3.19. The molecule has 0 bridgehead atoms. The molecule has 1 fully saturated rings. The van der Waals surface area contributed by atoms with Gasteiger partial charge in [-0.05, 0) is 19.4 Å². The molecule has 4 heteroatoms. The summed E-state index contributed by atoms with van der Waals surface area (Å²) in [5, 5.41) is 3.07. The highest BCUT2D eigenvalue weighted by Crippen LogP contribution is 2.08. The van der Waals surface area contributed by atoms with Crippen LogP contribution < -0.4 is 5.32 Å². The molecule has 0 aromatic heterocycles. The predicted octanol–water partition coefficient (Wildman–Crippen LogP) is 0.608. The Kier molecular flexibility index (Phi) is 3.89. The number of hydrogen-bond acceptors (Lipinski definition) is 4. The maximum atomic E-state index is 11.1. The van der Waals surface area contributed by atoms with Crippen LogP contribution in [-0.4, -0.2) is 24.5 Å². The van der Waals surface area contributed by atoms with E-state index >= 15 is 0 Å². The molecule has 0 amide bonds. The number of ether oxygens (including phenoxy) is 1. The van der Waals surface area contributed by atoms with E-state index in [0.29, 0.717) is 12.8 Å². The first-order valence-corrected chi connectivity index (χ1v) is 4.72. The first kappa shape index (κ1) is 10.2. The number of rotatable bonds is 4. The van der Waals surface area contributed by atoms with Gasteiger partial charge in [0.05, 0.1) is 0 Å². The van der Waals surface area contributed by atoms with Crippen molar-refractivity contribution >= 4 is 11.9 Å². The minimum Gasteiger partial charge on any atom is -0.392 e. The summed E-state index contributed by atoms with van der Waals surface area (Å²) in [6.07, 6.45) is 3.04. The van der Waals surface area contributed by atoms with Gasteiger partial charge in [-0.1, -0.05) is 13.3 Å². The molecular formula is C9H15NO3. The molecule has 0 aromatic carbocycles. The van der Waals surface area contributed by atoms with Crippen LogP contribution in [0, 0.1) is 0 Å². The van der Waals surface area contributed by atoms with Gasteiger partial charge in [-0.3, -0.25) is 4.79 Å². The molecule has 1 N–H and O–H groups in total. The lowest BCUT2D eigenvalue weighted by molar-refractivity contribution is -0.165. The molecule has 0 aromatic rings. The van der Waals surface area contributed by atoms with Gasteiger partial charge in [-0.25, -0.2) is 4.79 Å². The van der Waals surface area contributed by atoms with E-state index in [1.54, 1.807) is 0 Å². The molecule has 4 nitrogen and oxygen atoms in total. The fourth-order valence-electron chi connectivity index (χ4n) is 1.25. The maximum absolute atomic E-state index is 11.1. The van der Waals surface area contributed by atoms with Gasteiger partial charge in [-0.15, -0.1) is 0 Å². The highest BCUT2D eigenvalue weighted by atomic mass is 16.6. The quantitative estimate of drug-likeness (QED) is 0.396. The first-order chi connectivity index (χ1) is 6.24. The summed E-state index contributed by atoms with van der Waals surface area (Å²) in [5.41, 5.74) is 0. The van der Waals surface area contributed by atoms with Crippen molar-refractivity contribution in [1.82, 2.24) is 5.32 Å². The highest BCUT2D eigenvalue weighted by Gasteiger charge is 2.27. The third-order valence-electron chi connectivity index (χ3n) is 2.06. The van der Waals surface area contributed by atoms with Gasteiger partial charge in [-0.2, -0.15) is 0 Å². The summed E-state index contributed by atoms with van der Waals surface area (Å²) < 4.78 is 4.49. The number of hydrogen-bond donors (Lipinski definition) is 1. The van der Waals surface area contributed by atoms with Crippen molar-refractivity contribution < 1.29 is 14.3 Å². The van der Waals surface area contributed by atoms with E-state index in [-0.39, 0.29) is 6.04 Å². The van der Waals surface area contributed by atoms with Crippen LogP contribution in [0.15, 0.2) is 0 Å². The maximum Gasteiger partial charge on any atom is 0.330 e. The van der Waals surface area contributed by atoms with Gasteiger partial charge in [0.2, 0.25) is 0 Å². The zero-order valence-electron chi connectivity index (χ0n) is 7.84. The zero-order valence-corrected chi connectivity index (χ0v) is 7.84. The van der Waals surface area contributed by atoms with Crippen LogP contribution in [0.25, 0.3) is 0 Å². The van der Waals surface area contributed by atoms with Gasteiger partial charge in [0.25, 0.3) is 0 Å². The van der Waals surface area contributed by atoms with E-state index in [2.05, 4.69) is 17.0 Å². The normalized spacial score (nSPS) is 23.0. The van der Waals surface area contributed by atoms with E-state index in [1.165, 1.54) is 0 Å². The molecule has 1 saturated heterocycles. The minimum atomic E-state index is -0.424. The molecule has 1 rings (SSSR count). The van der Waals surface area contributed by atoms with Crippen molar-refractivity contribution in [2.24, 2.45) is 0 Å². The number of nitrogens with one attached hydrogen (secondary N) is 1. The SMILES string of the molecule is CCCCN[C@H]1CCC(=O)OC1=O. The third kappa shape index (κ3) is 3.14. The summed E-state index contributed by atoms with van der Waals surface area (Å²) in [7, 11) is 0. The van der Waals surface area contributed by atoms with Crippen LogP contribution in [-0.2, 0) is 14.3 Å². The van der Waals surface area contributed by atoms with Crippen molar-refractivity contribution in [1.29, 1.82) is 0 Å². The molecule has 1 heterocycles. The number of carbonyl (C=O) groups is 2. The Balaban J connectivity index is 2.26. The Morgan fingerprint density at radius 3 is 2.92 bits per heavy atom. The van der Waals surface area contributed by atoms with E-state index in [0.717, 1.165) is 19.4 Å². The number of carbonyl (C=O) groups excluding carboxylic acids is 2. The summed E-state index contributed by atoms with van der Waals surface area (Å²) >= 11 is 0. The molecule has 13 heavy (non-hydrogen) atoms. The lowest BCUT2D eigenvalue weighted by atomic mass is 10.1. The zero-order chi connectivity index (χ0) is 9.68. The standard InChI is InChI=1S/C9H15NO3/c1-2-3-6-10-7-4-5-8(11)13-9(7)12/h7,10H,2-6H2,1H3/t7-/m0/s1. The van der Waals surface area contributed by atoms with Crippen LogP contribution in [0.4, 0.5) is 0 Å². The fourth-order valence-corrected chi connectivity index (χ4v) is 1.25. The van der Waals surface area contributed by atoms with E-state index in [4.69, 9.17) is 0 Å². The van der Waals surface area contributed by atoms with Crippen molar-refractivity contribution in [3.63, 3.8) is 0 Å². The molecule has 0 aliphatic carbocycles. The fraction of sp³-hybridized carbons (Fsp3) is 0.778. The van der Waals surface area contributed by atoms with Crippen molar-refractivity contribution in [2.75, 3.05) is 6.54 Å². The minimum absolute atomic E-state index is 0.274. The molecule has 74 valence electrons. The molecule has 1 aliphatic heterocycles. The summed E-state index contributed by atoms with van der Waals surface area (Å²) in [6.45, 7) is 2.90. The topological polar surface area (TPSA) is 55.4 Å². The van der Waals surface area contributed by atoms with Crippen LogP contribution in [0.1, 0.15) is 32.6 Å².